The molecule has 1 N–H and O–H groups in total. The number of benzene rings is 1. The summed E-state index contributed by atoms with van der Waals surface area (Å²) in [6.07, 6.45) is -1.24. The molecule has 1 aromatic rings. The monoisotopic (exact) mass is 323 g/mol. The summed E-state index contributed by atoms with van der Waals surface area (Å²) in [7, 11) is 0. The number of aliphatic hydroxyl groups excluding tert-OH is 1. The molecule has 1 aliphatic rings. The van der Waals surface area contributed by atoms with E-state index in [1.165, 1.54) is 0 Å². The van der Waals surface area contributed by atoms with Crippen molar-refractivity contribution in [2.45, 2.75) is 64.0 Å². The number of hydrogen-bond acceptors (Lipinski definition) is 3. The van der Waals surface area contributed by atoms with Gasteiger partial charge in [-0.3, -0.25) is 0 Å². The van der Waals surface area contributed by atoms with E-state index < -0.39 is 24.0 Å². The van der Waals surface area contributed by atoms with Gasteiger partial charge in [-0.25, -0.2) is 9.18 Å². The van der Waals surface area contributed by atoms with Gasteiger partial charge in [0.05, 0.1) is 6.10 Å². The molecule has 0 aliphatic carbocycles. The molecule has 4 nitrogen and oxygen atoms in total. The summed E-state index contributed by atoms with van der Waals surface area (Å²) in [6, 6.07) is 8.88. The van der Waals surface area contributed by atoms with Gasteiger partial charge in [0.2, 0.25) is 0 Å². The number of alkyl halides is 1. The Morgan fingerprint density at radius 2 is 2.04 bits per heavy atom. The van der Waals surface area contributed by atoms with Crippen LogP contribution in [0, 0.1) is 0 Å². The second kappa shape index (κ2) is 7.30. The van der Waals surface area contributed by atoms with Crippen LogP contribution in [0.5, 0.6) is 0 Å². The molecule has 0 saturated carbocycles. The van der Waals surface area contributed by atoms with Crippen LogP contribution in [0.1, 0.15) is 51.7 Å². The summed E-state index contributed by atoms with van der Waals surface area (Å²) >= 11 is 0. The lowest BCUT2D eigenvalue weighted by Gasteiger charge is -2.38. The molecule has 0 spiro atoms. The van der Waals surface area contributed by atoms with Gasteiger partial charge >= 0.3 is 6.09 Å². The van der Waals surface area contributed by atoms with E-state index in [1.807, 2.05) is 30.3 Å². The van der Waals surface area contributed by atoms with Gasteiger partial charge in [-0.15, -0.1) is 0 Å². The quantitative estimate of drug-likeness (QED) is 0.919. The lowest BCUT2D eigenvalue weighted by Crippen LogP contribution is -2.49. The number of rotatable bonds is 3. The fourth-order valence-electron chi connectivity index (χ4n) is 2.86. The minimum Gasteiger partial charge on any atom is -0.444 e. The maximum absolute atomic E-state index is 13.8. The molecule has 1 heterocycles. The maximum atomic E-state index is 13.8. The van der Waals surface area contributed by atoms with E-state index in [0.717, 1.165) is 5.56 Å². The average molecular weight is 323 g/mol. The van der Waals surface area contributed by atoms with Gasteiger partial charge < -0.3 is 14.7 Å². The molecule has 3 atom stereocenters. The molecular formula is C18H26FNO3. The lowest BCUT2D eigenvalue weighted by atomic mass is 9.93. The summed E-state index contributed by atoms with van der Waals surface area (Å²) in [5, 5.41) is 10.4. The van der Waals surface area contributed by atoms with Crippen molar-refractivity contribution >= 4 is 6.09 Å². The second-order valence-electron chi connectivity index (χ2n) is 7.11. The molecule has 1 amide bonds. The number of piperidine rings is 1. The first-order valence-corrected chi connectivity index (χ1v) is 8.13. The number of hydrogen-bond donors (Lipinski definition) is 1. The van der Waals surface area contributed by atoms with E-state index >= 15 is 0 Å². The third kappa shape index (κ3) is 5.20. The van der Waals surface area contributed by atoms with Crippen molar-refractivity contribution in [1.29, 1.82) is 0 Å². The zero-order valence-corrected chi connectivity index (χ0v) is 14.0. The van der Waals surface area contributed by atoms with Crippen molar-refractivity contribution in [2.75, 3.05) is 6.54 Å². The first-order chi connectivity index (χ1) is 10.8. The zero-order chi connectivity index (χ0) is 17.0. The number of carbonyl (C=O) groups excluding carboxylic acids is 1. The van der Waals surface area contributed by atoms with E-state index in [9.17, 15) is 14.3 Å². The van der Waals surface area contributed by atoms with Crippen LogP contribution in [-0.4, -0.2) is 40.5 Å². The second-order valence-corrected chi connectivity index (χ2v) is 7.11. The number of halogens is 1. The number of amides is 1. The molecule has 2 rings (SSSR count). The van der Waals surface area contributed by atoms with Gasteiger partial charge in [0.15, 0.2) is 0 Å². The van der Waals surface area contributed by atoms with Crippen molar-refractivity contribution in [3.8, 4) is 0 Å². The van der Waals surface area contributed by atoms with Crippen LogP contribution in [-0.2, 0) is 4.74 Å². The van der Waals surface area contributed by atoms with Crippen molar-refractivity contribution in [3.05, 3.63) is 35.9 Å². The molecule has 128 valence electrons. The highest BCUT2D eigenvalue weighted by atomic mass is 19.1. The SMILES string of the molecule is CC(C)(C)OC(=O)N1CC[C@H](F)C[C@H]1C[C@H](O)c1ccccc1. The first-order valence-electron chi connectivity index (χ1n) is 8.13. The average Bonchev–Trinajstić information content (AvgIpc) is 2.46. The van der Waals surface area contributed by atoms with Crippen LogP contribution < -0.4 is 0 Å². The molecule has 1 saturated heterocycles. The van der Waals surface area contributed by atoms with Crippen LogP contribution in [0.2, 0.25) is 0 Å². The molecule has 23 heavy (non-hydrogen) atoms. The molecule has 0 bridgehead atoms. The largest absolute Gasteiger partial charge is 0.444 e. The molecule has 0 radical (unpaired) electrons. The predicted octanol–water partition coefficient (Wildman–Crippen LogP) is 3.85. The van der Waals surface area contributed by atoms with Gasteiger partial charge in [-0.05, 0) is 45.6 Å². The molecule has 1 aromatic carbocycles. The van der Waals surface area contributed by atoms with Crippen LogP contribution >= 0.6 is 0 Å². The van der Waals surface area contributed by atoms with Crippen LogP contribution in [0.4, 0.5) is 9.18 Å². The van der Waals surface area contributed by atoms with Crippen LogP contribution in [0.25, 0.3) is 0 Å². The minimum atomic E-state index is -0.943. The molecule has 0 aromatic heterocycles. The van der Waals surface area contributed by atoms with E-state index in [0.29, 0.717) is 19.4 Å². The Kier molecular flexibility index (Phi) is 5.63. The van der Waals surface area contributed by atoms with Gasteiger partial charge in [0.25, 0.3) is 0 Å². The Morgan fingerprint density at radius 3 is 2.65 bits per heavy atom. The summed E-state index contributed by atoms with van der Waals surface area (Å²) in [5.41, 5.74) is 0.185. The highest BCUT2D eigenvalue weighted by molar-refractivity contribution is 5.68. The Bertz CT molecular complexity index is 515. The van der Waals surface area contributed by atoms with E-state index in [-0.39, 0.29) is 12.5 Å². The number of carbonyl (C=O) groups is 1. The maximum Gasteiger partial charge on any atom is 0.410 e. The van der Waals surface area contributed by atoms with E-state index in [1.54, 1.807) is 25.7 Å². The molecule has 1 aliphatic heterocycles. The van der Waals surface area contributed by atoms with Crippen LogP contribution in [0.3, 0.4) is 0 Å². The molecule has 0 unspecified atom stereocenters. The molecule has 1 fully saturated rings. The topological polar surface area (TPSA) is 49.8 Å². The number of likely N-dealkylation sites (tertiary alicyclic amines) is 1. The fourth-order valence-corrected chi connectivity index (χ4v) is 2.86. The summed E-state index contributed by atoms with van der Waals surface area (Å²) in [6.45, 7) is 5.74. The Labute approximate surface area is 137 Å². The minimum absolute atomic E-state index is 0.239. The Balaban J connectivity index is 2.07. The van der Waals surface area contributed by atoms with Crippen molar-refractivity contribution in [2.24, 2.45) is 0 Å². The highest BCUT2D eigenvalue weighted by Crippen LogP contribution is 2.29. The first kappa shape index (κ1) is 17.7. The predicted molar refractivity (Wildman–Crippen MR) is 86.9 cm³/mol. The Morgan fingerprint density at radius 1 is 1.39 bits per heavy atom. The van der Waals surface area contributed by atoms with Crippen molar-refractivity contribution < 1.29 is 19.0 Å². The van der Waals surface area contributed by atoms with Crippen LogP contribution in [0.15, 0.2) is 30.3 Å². The fraction of sp³-hybridized carbons (Fsp3) is 0.611. The summed E-state index contributed by atoms with van der Waals surface area (Å²) in [4.78, 5) is 13.9. The van der Waals surface area contributed by atoms with Gasteiger partial charge in [0.1, 0.15) is 11.8 Å². The number of nitrogens with zero attached hydrogens (tertiary/aromatic N) is 1. The van der Waals surface area contributed by atoms with E-state index in [2.05, 4.69) is 0 Å². The smallest absolute Gasteiger partial charge is 0.410 e. The third-order valence-corrected chi connectivity index (χ3v) is 3.96. The summed E-state index contributed by atoms with van der Waals surface area (Å²) < 4.78 is 19.2. The highest BCUT2D eigenvalue weighted by Gasteiger charge is 2.35. The number of aliphatic hydroxyl groups is 1. The Hall–Kier alpha value is -1.62. The van der Waals surface area contributed by atoms with Gasteiger partial charge in [-0.1, -0.05) is 30.3 Å². The van der Waals surface area contributed by atoms with Gasteiger partial charge in [0, 0.05) is 12.6 Å². The zero-order valence-electron chi connectivity index (χ0n) is 14.0. The van der Waals surface area contributed by atoms with E-state index in [4.69, 9.17) is 4.74 Å². The summed E-state index contributed by atoms with van der Waals surface area (Å²) in [5.74, 6) is 0. The molecule has 5 heteroatoms. The van der Waals surface area contributed by atoms with Crippen molar-refractivity contribution in [1.82, 2.24) is 4.90 Å². The normalized spacial score (nSPS) is 23.4. The molecular weight excluding hydrogens is 297 g/mol. The van der Waals surface area contributed by atoms with Gasteiger partial charge in [-0.2, -0.15) is 0 Å². The number of ether oxygens (including phenoxy) is 1. The lowest BCUT2D eigenvalue weighted by molar-refractivity contribution is -0.00666. The van der Waals surface area contributed by atoms with Crippen molar-refractivity contribution in [3.63, 3.8) is 0 Å². The standard InChI is InChI=1S/C18H26FNO3/c1-18(2,3)23-17(22)20-10-9-14(19)11-15(20)12-16(21)13-7-5-4-6-8-13/h4-8,14-16,21H,9-12H2,1-3H3/t14-,15-,16-/m0/s1. The third-order valence-electron chi connectivity index (χ3n) is 3.96.